The number of thioether (sulfide) groups is 1. The summed E-state index contributed by atoms with van der Waals surface area (Å²) in [5, 5.41) is 5.59. The van der Waals surface area contributed by atoms with Gasteiger partial charge >= 0.3 is 6.03 Å². The number of nitrogens with two attached hydrogens (primary N) is 1. The molecular formula is C13H25N3O2S. The van der Waals surface area contributed by atoms with Crippen LogP contribution in [0.5, 0.6) is 0 Å². The Bertz CT molecular complexity index is 294. The van der Waals surface area contributed by atoms with Gasteiger partial charge in [-0.3, -0.25) is 10.1 Å². The van der Waals surface area contributed by atoms with Crippen molar-refractivity contribution in [2.24, 2.45) is 5.73 Å². The Kier molecular flexibility index (Phi) is 7.90. The highest BCUT2D eigenvalue weighted by molar-refractivity contribution is 8.00. The largest absolute Gasteiger partial charge is 0.335 e. The minimum Gasteiger partial charge on any atom is -0.335 e. The van der Waals surface area contributed by atoms with E-state index in [9.17, 15) is 9.59 Å². The van der Waals surface area contributed by atoms with Crippen molar-refractivity contribution >= 4 is 23.7 Å². The molecule has 1 aliphatic rings. The van der Waals surface area contributed by atoms with Crippen LogP contribution in [0.3, 0.4) is 0 Å². The summed E-state index contributed by atoms with van der Waals surface area (Å²) in [4.78, 5) is 23.2. The van der Waals surface area contributed by atoms with Gasteiger partial charge in [0.2, 0.25) is 5.91 Å². The fourth-order valence-corrected chi connectivity index (χ4v) is 2.98. The van der Waals surface area contributed by atoms with Crippen LogP contribution >= 0.6 is 11.8 Å². The first kappa shape index (κ1) is 16.3. The highest BCUT2D eigenvalue weighted by Gasteiger charge is 2.17. The summed E-state index contributed by atoms with van der Waals surface area (Å²) in [5.41, 5.74) is 5.44. The van der Waals surface area contributed by atoms with Crippen LogP contribution in [-0.4, -0.2) is 35.5 Å². The molecule has 5 nitrogen and oxygen atoms in total. The Balaban J connectivity index is 2.14. The van der Waals surface area contributed by atoms with Crippen molar-refractivity contribution in [3.8, 4) is 0 Å². The van der Waals surface area contributed by atoms with Gasteiger partial charge in [0.05, 0.1) is 5.75 Å². The van der Waals surface area contributed by atoms with Gasteiger partial charge in [0.1, 0.15) is 0 Å². The summed E-state index contributed by atoms with van der Waals surface area (Å²) >= 11 is 1.53. The summed E-state index contributed by atoms with van der Waals surface area (Å²) in [6.45, 7) is 2.66. The minimum absolute atomic E-state index is 0.227. The maximum Gasteiger partial charge on any atom is 0.321 e. The van der Waals surface area contributed by atoms with Crippen molar-refractivity contribution in [3.63, 3.8) is 0 Å². The van der Waals surface area contributed by atoms with Crippen molar-refractivity contribution in [2.75, 3.05) is 12.3 Å². The van der Waals surface area contributed by atoms with E-state index in [2.05, 4.69) is 10.6 Å². The van der Waals surface area contributed by atoms with E-state index in [1.807, 2.05) is 6.92 Å². The van der Waals surface area contributed by atoms with Crippen molar-refractivity contribution in [1.82, 2.24) is 10.6 Å². The molecule has 110 valence electrons. The Morgan fingerprint density at radius 3 is 2.63 bits per heavy atom. The third kappa shape index (κ3) is 7.42. The maximum absolute atomic E-state index is 11.6. The Morgan fingerprint density at radius 1 is 1.32 bits per heavy atom. The number of carbonyl (C=O) groups is 2. The zero-order valence-electron chi connectivity index (χ0n) is 11.6. The van der Waals surface area contributed by atoms with Crippen LogP contribution in [0.1, 0.15) is 45.4 Å². The molecule has 0 aliphatic heterocycles. The van der Waals surface area contributed by atoms with Crippen LogP contribution in [0, 0.1) is 0 Å². The molecule has 0 bridgehead atoms. The van der Waals surface area contributed by atoms with Gasteiger partial charge in [-0.05, 0) is 25.8 Å². The molecule has 0 aromatic carbocycles. The van der Waals surface area contributed by atoms with Crippen LogP contribution in [0.15, 0.2) is 0 Å². The lowest BCUT2D eigenvalue weighted by molar-refractivity contribution is -0.117. The number of imide groups is 1. The standard InChI is InChI=1S/C13H25N3O2S/c1-10(7-8-14)19-9-12(17)16-13(18)15-11-5-3-2-4-6-11/h10-11H,2-9,14H2,1H3,(H2,15,16,17,18). The van der Waals surface area contributed by atoms with E-state index in [4.69, 9.17) is 5.73 Å². The lowest BCUT2D eigenvalue weighted by atomic mass is 9.96. The molecule has 0 spiro atoms. The number of nitrogens with one attached hydrogen (secondary N) is 2. The molecule has 4 N–H and O–H groups in total. The molecule has 0 heterocycles. The van der Waals surface area contributed by atoms with Crippen molar-refractivity contribution in [2.45, 2.75) is 56.7 Å². The van der Waals surface area contributed by atoms with E-state index in [1.165, 1.54) is 18.2 Å². The van der Waals surface area contributed by atoms with Crippen LogP contribution in [0.25, 0.3) is 0 Å². The van der Waals surface area contributed by atoms with E-state index in [-0.39, 0.29) is 18.0 Å². The molecule has 6 heteroatoms. The molecule has 0 saturated heterocycles. The molecule has 0 aromatic heterocycles. The second-order valence-electron chi connectivity index (χ2n) is 5.06. The molecule has 1 unspecified atom stereocenters. The van der Waals surface area contributed by atoms with E-state index >= 15 is 0 Å². The maximum atomic E-state index is 11.6. The third-order valence-electron chi connectivity index (χ3n) is 3.27. The smallest absolute Gasteiger partial charge is 0.321 e. The van der Waals surface area contributed by atoms with Crippen molar-refractivity contribution < 1.29 is 9.59 Å². The third-order valence-corrected chi connectivity index (χ3v) is 4.50. The van der Waals surface area contributed by atoms with Crippen molar-refractivity contribution in [1.29, 1.82) is 0 Å². The van der Waals surface area contributed by atoms with Crippen LogP contribution in [0.2, 0.25) is 0 Å². The Hall–Kier alpha value is -0.750. The number of urea groups is 1. The quantitative estimate of drug-likeness (QED) is 0.693. The van der Waals surface area contributed by atoms with Gasteiger partial charge in [-0.1, -0.05) is 26.2 Å². The number of hydrogen-bond donors (Lipinski definition) is 3. The molecule has 1 saturated carbocycles. The van der Waals surface area contributed by atoms with Crippen LogP contribution in [-0.2, 0) is 4.79 Å². The number of hydrogen-bond acceptors (Lipinski definition) is 4. The zero-order valence-corrected chi connectivity index (χ0v) is 12.4. The number of rotatable bonds is 6. The van der Waals surface area contributed by atoms with Gasteiger partial charge in [0, 0.05) is 11.3 Å². The summed E-state index contributed by atoms with van der Waals surface area (Å²) in [7, 11) is 0. The van der Waals surface area contributed by atoms with E-state index in [1.54, 1.807) is 0 Å². The monoisotopic (exact) mass is 287 g/mol. The van der Waals surface area contributed by atoms with E-state index in [0.29, 0.717) is 17.5 Å². The van der Waals surface area contributed by atoms with Crippen LogP contribution < -0.4 is 16.4 Å². The second kappa shape index (κ2) is 9.20. The normalized spacial score (nSPS) is 17.8. The van der Waals surface area contributed by atoms with Gasteiger partial charge in [0.25, 0.3) is 0 Å². The van der Waals surface area contributed by atoms with Gasteiger partial charge in [-0.2, -0.15) is 0 Å². The van der Waals surface area contributed by atoms with E-state index in [0.717, 1.165) is 32.1 Å². The highest BCUT2D eigenvalue weighted by atomic mass is 32.2. The lowest BCUT2D eigenvalue weighted by Crippen LogP contribution is -2.45. The van der Waals surface area contributed by atoms with Crippen LogP contribution in [0.4, 0.5) is 4.79 Å². The number of carbonyl (C=O) groups excluding carboxylic acids is 2. The first-order chi connectivity index (χ1) is 9.11. The lowest BCUT2D eigenvalue weighted by Gasteiger charge is -2.22. The molecule has 0 radical (unpaired) electrons. The molecular weight excluding hydrogens is 262 g/mol. The SMILES string of the molecule is CC(CCN)SCC(=O)NC(=O)NC1CCCCC1. The molecule has 3 amide bonds. The summed E-state index contributed by atoms with van der Waals surface area (Å²) in [5.74, 6) is 0.0707. The highest BCUT2D eigenvalue weighted by Crippen LogP contribution is 2.17. The summed E-state index contributed by atoms with van der Waals surface area (Å²) in [6.07, 6.45) is 6.48. The fourth-order valence-electron chi connectivity index (χ4n) is 2.17. The molecule has 1 rings (SSSR count). The number of amides is 3. The van der Waals surface area contributed by atoms with Gasteiger partial charge in [-0.25, -0.2) is 4.79 Å². The first-order valence-electron chi connectivity index (χ1n) is 7.04. The van der Waals surface area contributed by atoms with Gasteiger partial charge < -0.3 is 11.1 Å². The Labute approximate surface area is 119 Å². The molecule has 1 aliphatic carbocycles. The predicted molar refractivity (Wildman–Crippen MR) is 79.1 cm³/mol. The van der Waals surface area contributed by atoms with Gasteiger partial charge in [0.15, 0.2) is 0 Å². The average molecular weight is 287 g/mol. The fraction of sp³-hybridized carbons (Fsp3) is 0.846. The molecule has 1 atom stereocenters. The predicted octanol–water partition coefficient (Wildman–Crippen LogP) is 1.62. The van der Waals surface area contributed by atoms with Crippen molar-refractivity contribution in [3.05, 3.63) is 0 Å². The molecule has 19 heavy (non-hydrogen) atoms. The molecule has 1 fully saturated rings. The average Bonchev–Trinajstić information content (AvgIpc) is 2.38. The minimum atomic E-state index is -0.357. The summed E-state index contributed by atoms with van der Waals surface area (Å²) < 4.78 is 0. The second-order valence-corrected chi connectivity index (χ2v) is 6.48. The molecule has 0 aromatic rings. The van der Waals surface area contributed by atoms with E-state index < -0.39 is 0 Å². The first-order valence-corrected chi connectivity index (χ1v) is 8.08. The zero-order chi connectivity index (χ0) is 14.1. The summed E-state index contributed by atoms with van der Waals surface area (Å²) in [6, 6.07) is -0.130. The van der Waals surface area contributed by atoms with Gasteiger partial charge in [-0.15, -0.1) is 11.8 Å². The topological polar surface area (TPSA) is 84.2 Å². The Morgan fingerprint density at radius 2 is 2.00 bits per heavy atom.